The molecule has 1 saturated heterocycles. The van der Waals surface area contributed by atoms with Gasteiger partial charge in [-0.25, -0.2) is 0 Å². The second kappa shape index (κ2) is 4.12. The number of benzene rings is 1. The van der Waals surface area contributed by atoms with Crippen molar-refractivity contribution in [3.05, 3.63) is 34.9 Å². The van der Waals surface area contributed by atoms with Crippen LogP contribution in [0.3, 0.4) is 0 Å². The molecule has 1 nitrogen and oxygen atoms in total. The maximum Gasteiger partial charge on any atom is 0.00911 e. The Morgan fingerprint density at radius 3 is 2.38 bits per heavy atom. The van der Waals surface area contributed by atoms with Gasteiger partial charge in [-0.05, 0) is 25.0 Å². The molecule has 1 aliphatic rings. The summed E-state index contributed by atoms with van der Waals surface area (Å²) in [6.45, 7) is 6.67. The fourth-order valence-corrected chi connectivity index (χ4v) is 1.79. The van der Waals surface area contributed by atoms with Crippen LogP contribution in [0, 0.1) is 13.8 Å². The fourth-order valence-electron chi connectivity index (χ4n) is 1.79. The first-order valence-corrected chi connectivity index (χ1v) is 4.55. The van der Waals surface area contributed by atoms with Crippen molar-refractivity contribution in [2.75, 3.05) is 13.1 Å². The number of aryl methyl sites for hydroxylation is 2. The Morgan fingerprint density at radius 2 is 1.92 bits per heavy atom. The molecule has 0 aliphatic carbocycles. The van der Waals surface area contributed by atoms with Crippen LogP contribution in [0.1, 0.15) is 22.6 Å². The molecule has 72 valence electrons. The quantitative estimate of drug-likeness (QED) is 0.729. The van der Waals surface area contributed by atoms with Crippen LogP contribution in [0.25, 0.3) is 0 Å². The monoisotopic (exact) mass is 197 g/mol. The SMILES string of the molecule is Cc1ccc(C2CNC2)c(C)c1.Cl. The van der Waals surface area contributed by atoms with Crippen LogP contribution in [0.2, 0.25) is 0 Å². The second-order valence-corrected chi connectivity index (χ2v) is 3.72. The van der Waals surface area contributed by atoms with E-state index in [1.165, 1.54) is 16.7 Å². The zero-order valence-electron chi connectivity index (χ0n) is 8.13. The summed E-state index contributed by atoms with van der Waals surface area (Å²) in [5.41, 5.74) is 4.34. The van der Waals surface area contributed by atoms with Gasteiger partial charge in [0.05, 0.1) is 0 Å². The average Bonchev–Trinajstić information content (AvgIpc) is 1.91. The summed E-state index contributed by atoms with van der Waals surface area (Å²) in [6.07, 6.45) is 0. The molecule has 0 bridgehead atoms. The van der Waals surface area contributed by atoms with Crippen molar-refractivity contribution in [3.8, 4) is 0 Å². The normalized spacial score (nSPS) is 16.2. The van der Waals surface area contributed by atoms with Gasteiger partial charge in [-0.3, -0.25) is 0 Å². The van der Waals surface area contributed by atoms with Crippen LogP contribution in [-0.2, 0) is 0 Å². The lowest BCUT2D eigenvalue weighted by atomic mass is 9.89. The summed E-state index contributed by atoms with van der Waals surface area (Å²) >= 11 is 0. The molecule has 1 aromatic rings. The number of rotatable bonds is 1. The smallest absolute Gasteiger partial charge is 0.00911 e. The summed E-state index contributed by atoms with van der Waals surface area (Å²) in [5.74, 6) is 0.769. The number of hydrogen-bond acceptors (Lipinski definition) is 1. The topological polar surface area (TPSA) is 12.0 Å². The molecule has 2 heteroatoms. The van der Waals surface area contributed by atoms with Crippen LogP contribution in [0.5, 0.6) is 0 Å². The zero-order valence-corrected chi connectivity index (χ0v) is 8.95. The lowest BCUT2D eigenvalue weighted by Gasteiger charge is -2.28. The first kappa shape index (κ1) is 10.6. The summed E-state index contributed by atoms with van der Waals surface area (Å²) in [6, 6.07) is 6.75. The van der Waals surface area contributed by atoms with Gasteiger partial charge >= 0.3 is 0 Å². The average molecular weight is 198 g/mol. The van der Waals surface area contributed by atoms with Crippen molar-refractivity contribution in [3.63, 3.8) is 0 Å². The molecular weight excluding hydrogens is 182 g/mol. The predicted octanol–water partition coefficient (Wildman–Crippen LogP) is 2.41. The molecule has 1 aliphatic heterocycles. The number of halogens is 1. The number of nitrogens with one attached hydrogen (secondary N) is 1. The molecule has 1 heterocycles. The van der Waals surface area contributed by atoms with E-state index in [-0.39, 0.29) is 12.4 Å². The van der Waals surface area contributed by atoms with Crippen LogP contribution < -0.4 is 5.32 Å². The minimum atomic E-state index is 0. The van der Waals surface area contributed by atoms with E-state index in [0.717, 1.165) is 19.0 Å². The Hall–Kier alpha value is -0.530. The summed E-state index contributed by atoms with van der Waals surface area (Å²) in [4.78, 5) is 0. The van der Waals surface area contributed by atoms with E-state index in [1.54, 1.807) is 0 Å². The van der Waals surface area contributed by atoms with Crippen molar-refractivity contribution < 1.29 is 0 Å². The maximum atomic E-state index is 3.30. The molecule has 13 heavy (non-hydrogen) atoms. The third kappa shape index (κ3) is 2.04. The van der Waals surface area contributed by atoms with E-state index < -0.39 is 0 Å². The highest BCUT2D eigenvalue weighted by molar-refractivity contribution is 5.85. The molecule has 0 spiro atoms. The third-order valence-electron chi connectivity index (χ3n) is 2.65. The van der Waals surface area contributed by atoms with Gasteiger partial charge in [-0.1, -0.05) is 23.8 Å². The minimum Gasteiger partial charge on any atom is -0.315 e. The minimum absolute atomic E-state index is 0. The Bertz CT molecular complexity index is 292. The van der Waals surface area contributed by atoms with Crippen molar-refractivity contribution in [1.29, 1.82) is 0 Å². The predicted molar refractivity (Wildman–Crippen MR) is 58.8 cm³/mol. The molecule has 2 rings (SSSR count). The molecule has 0 atom stereocenters. The van der Waals surface area contributed by atoms with Crippen LogP contribution in [0.4, 0.5) is 0 Å². The highest BCUT2D eigenvalue weighted by Gasteiger charge is 2.19. The van der Waals surface area contributed by atoms with Gasteiger partial charge < -0.3 is 5.32 Å². The van der Waals surface area contributed by atoms with E-state index in [1.807, 2.05) is 0 Å². The standard InChI is InChI=1S/C11H15N.ClH/c1-8-3-4-11(9(2)5-8)10-6-12-7-10;/h3-5,10,12H,6-7H2,1-2H3;1H. The zero-order chi connectivity index (χ0) is 8.55. The van der Waals surface area contributed by atoms with E-state index in [2.05, 4.69) is 37.4 Å². The molecule has 1 fully saturated rings. The summed E-state index contributed by atoms with van der Waals surface area (Å²) in [7, 11) is 0. The third-order valence-corrected chi connectivity index (χ3v) is 2.65. The van der Waals surface area contributed by atoms with Gasteiger partial charge in [-0.15, -0.1) is 12.4 Å². The molecule has 1 aromatic carbocycles. The molecule has 0 radical (unpaired) electrons. The number of hydrogen-bond donors (Lipinski definition) is 1. The van der Waals surface area contributed by atoms with Crippen LogP contribution >= 0.6 is 12.4 Å². The highest BCUT2D eigenvalue weighted by atomic mass is 35.5. The van der Waals surface area contributed by atoms with Crippen molar-refractivity contribution >= 4 is 12.4 Å². The van der Waals surface area contributed by atoms with Crippen molar-refractivity contribution in [2.24, 2.45) is 0 Å². The van der Waals surface area contributed by atoms with Crippen LogP contribution in [0.15, 0.2) is 18.2 Å². The van der Waals surface area contributed by atoms with Gasteiger partial charge in [0.25, 0.3) is 0 Å². The maximum absolute atomic E-state index is 3.30. The van der Waals surface area contributed by atoms with Gasteiger partial charge in [0.15, 0.2) is 0 Å². The van der Waals surface area contributed by atoms with Crippen molar-refractivity contribution in [2.45, 2.75) is 19.8 Å². The van der Waals surface area contributed by atoms with E-state index in [0.29, 0.717) is 0 Å². The summed E-state index contributed by atoms with van der Waals surface area (Å²) < 4.78 is 0. The molecule has 0 saturated carbocycles. The van der Waals surface area contributed by atoms with Crippen molar-refractivity contribution in [1.82, 2.24) is 5.32 Å². The molecule has 0 unspecified atom stereocenters. The second-order valence-electron chi connectivity index (χ2n) is 3.72. The first-order valence-electron chi connectivity index (χ1n) is 4.55. The Morgan fingerprint density at radius 1 is 1.23 bits per heavy atom. The van der Waals surface area contributed by atoms with Crippen LogP contribution in [-0.4, -0.2) is 13.1 Å². The highest BCUT2D eigenvalue weighted by Crippen LogP contribution is 2.23. The Labute approximate surface area is 86.0 Å². The van der Waals surface area contributed by atoms with Gasteiger partial charge in [-0.2, -0.15) is 0 Å². The van der Waals surface area contributed by atoms with E-state index in [4.69, 9.17) is 0 Å². The largest absolute Gasteiger partial charge is 0.315 e. The summed E-state index contributed by atoms with van der Waals surface area (Å²) in [5, 5.41) is 3.30. The van der Waals surface area contributed by atoms with E-state index >= 15 is 0 Å². The Kier molecular flexibility index (Phi) is 3.34. The van der Waals surface area contributed by atoms with Gasteiger partial charge in [0.1, 0.15) is 0 Å². The fraction of sp³-hybridized carbons (Fsp3) is 0.455. The first-order chi connectivity index (χ1) is 5.77. The molecule has 0 amide bonds. The van der Waals surface area contributed by atoms with Gasteiger partial charge in [0.2, 0.25) is 0 Å². The molecular formula is C11H16ClN. The lowest BCUT2D eigenvalue weighted by molar-refractivity contribution is 0.447. The van der Waals surface area contributed by atoms with Gasteiger partial charge in [0, 0.05) is 19.0 Å². The molecule has 0 aromatic heterocycles. The van der Waals surface area contributed by atoms with E-state index in [9.17, 15) is 0 Å². The Balaban J connectivity index is 0.000000845. The lowest BCUT2D eigenvalue weighted by Crippen LogP contribution is -2.40. The molecule has 1 N–H and O–H groups in total.